The van der Waals surface area contributed by atoms with Gasteiger partial charge in [0.1, 0.15) is 17.9 Å². The molecule has 2 heterocycles. The van der Waals surface area contributed by atoms with Gasteiger partial charge >= 0.3 is 0 Å². The zero-order chi connectivity index (χ0) is 20.3. The van der Waals surface area contributed by atoms with Gasteiger partial charge in [-0.05, 0) is 37.5 Å². The largest absolute Gasteiger partial charge is 0.437 e. The summed E-state index contributed by atoms with van der Waals surface area (Å²) in [5.41, 5.74) is 1.06. The molecule has 0 bridgehead atoms. The van der Waals surface area contributed by atoms with Crippen LogP contribution in [0.5, 0.6) is 11.6 Å². The zero-order valence-electron chi connectivity index (χ0n) is 16.9. The van der Waals surface area contributed by atoms with E-state index in [1.807, 2.05) is 36.1 Å². The lowest BCUT2D eigenvalue weighted by atomic mass is 10.1. The van der Waals surface area contributed by atoms with Crippen LogP contribution in [0.4, 0.5) is 5.82 Å². The van der Waals surface area contributed by atoms with E-state index in [2.05, 4.69) is 35.6 Å². The molecular weight excluding hydrogens is 376 g/mol. The van der Waals surface area contributed by atoms with Crippen LogP contribution < -0.4 is 9.64 Å². The summed E-state index contributed by atoms with van der Waals surface area (Å²) < 4.78 is 5.88. The zero-order valence-corrected chi connectivity index (χ0v) is 17.6. The third-order valence-corrected chi connectivity index (χ3v) is 5.10. The van der Waals surface area contributed by atoms with Crippen LogP contribution in [0, 0.1) is 12.8 Å². The molecule has 1 atom stereocenters. The Hall–Kier alpha value is -2.34. The van der Waals surface area contributed by atoms with Crippen LogP contribution in [-0.4, -0.2) is 46.5 Å². The third kappa shape index (κ3) is 4.93. The minimum absolute atomic E-state index is 0.130. The second kappa shape index (κ2) is 8.78. The molecule has 6 nitrogen and oxygen atoms in total. The first-order valence-corrected chi connectivity index (χ1v) is 10.0. The Morgan fingerprint density at radius 1 is 1.29 bits per heavy atom. The van der Waals surface area contributed by atoms with E-state index in [1.165, 1.54) is 6.33 Å². The van der Waals surface area contributed by atoms with Crippen LogP contribution in [-0.2, 0) is 4.79 Å². The standard InChI is InChI=1S/C21H27ClN4O2/c1-14(2)9-21(27)26-8-7-25(12-16(26)4)19-11-20(24-13-23-19)28-18-10-15(3)5-6-17(18)22/h5-6,10-11,13-14,16H,7-9,12H2,1-4H3. The molecule has 2 aromatic rings. The quantitative estimate of drug-likeness (QED) is 0.745. The Labute approximate surface area is 171 Å². The molecule has 1 amide bonds. The Morgan fingerprint density at radius 3 is 2.79 bits per heavy atom. The number of carbonyl (C=O) groups is 1. The summed E-state index contributed by atoms with van der Waals surface area (Å²) in [6.07, 6.45) is 2.09. The van der Waals surface area contributed by atoms with E-state index in [-0.39, 0.29) is 11.9 Å². The first-order valence-electron chi connectivity index (χ1n) is 9.64. The van der Waals surface area contributed by atoms with Gasteiger partial charge in [-0.1, -0.05) is 31.5 Å². The van der Waals surface area contributed by atoms with E-state index in [9.17, 15) is 4.79 Å². The number of rotatable bonds is 5. The van der Waals surface area contributed by atoms with Crippen molar-refractivity contribution in [1.82, 2.24) is 14.9 Å². The average molecular weight is 403 g/mol. The molecule has 3 rings (SSSR count). The van der Waals surface area contributed by atoms with Crippen LogP contribution in [0.15, 0.2) is 30.6 Å². The summed E-state index contributed by atoms with van der Waals surface area (Å²) in [4.78, 5) is 25.2. The van der Waals surface area contributed by atoms with Crippen molar-refractivity contribution in [2.24, 2.45) is 5.92 Å². The van der Waals surface area contributed by atoms with Crippen molar-refractivity contribution in [3.8, 4) is 11.6 Å². The fraction of sp³-hybridized carbons (Fsp3) is 0.476. The van der Waals surface area contributed by atoms with E-state index < -0.39 is 0 Å². The predicted molar refractivity (Wildman–Crippen MR) is 111 cm³/mol. The van der Waals surface area contributed by atoms with Crippen LogP contribution in [0.25, 0.3) is 0 Å². The number of piperazine rings is 1. The Balaban J connectivity index is 1.69. The molecule has 1 unspecified atom stereocenters. The SMILES string of the molecule is Cc1ccc(Cl)c(Oc2cc(N3CCN(C(=O)CC(C)C)C(C)C3)ncn2)c1. The van der Waals surface area contributed by atoms with Gasteiger partial charge in [0.25, 0.3) is 0 Å². The highest BCUT2D eigenvalue weighted by Crippen LogP contribution is 2.30. The molecule has 0 aliphatic carbocycles. The normalized spacial score (nSPS) is 17.1. The number of benzene rings is 1. The topological polar surface area (TPSA) is 58.6 Å². The second-order valence-electron chi connectivity index (χ2n) is 7.73. The summed E-state index contributed by atoms with van der Waals surface area (Å²) in [6, 6.07) is 7.57. The number of aryl methyl sites for hydroxylation is 1. The van der Waals surface area contributed by atoms with E-state index in [4.69, 9.17) is 16.3 Å². The fourth-order valence-corrected chi connectivity index (χ4v) is 3.52. The van der Waals surface area contributed by atoms with E-state index in [0.717, 1.165) is 24.5 Å². The van der Waals surface area contributed by atoms with Crippen molar-refractivity contribution in [1.29, 1.82) is 0 Å². The number of halogens is 1. The lowest BCUT2D eigenvalue weighted by molar-refractivity contribution is -0.134. The summed E-state index contributed by atoms with van der Waals surface area (Å²) in [5, 5.41) is 0.539. The first kappa shape index (κ1) is 20.4. The molecule has 1 aliphatic rings. The summed E-state index contributed by atoms with van der Waals surface area (Å²) in [5.74, 6) is 2.40. The van der Waals surface area contributed by atoms with Crippen molar-refractivity contribution >= 4 is 23.3 Å². The number of hydrogen-bond donors (Lipinski definition) is 0. The monoisotopic (exact) mass is 402 g/mol. The molecule has 1 aliphatic heterocycles. The van der Waals surface area contributed by atoms with Gasteiger partial charge in [-0.25, -0.2) is 9.97 Å². The van der Waals surface area contributed by atoms with Crippen LogP contribution >= 0.6 is 11.6 Å². The molecule has 7 heteroatoms. The molecule has 1 aromatic heterocycles. The highest BCUT2D eigenvalue weighted by atomic mass is 35.5. The maximum absolute atomic E-state index is 12.4. The van der Waals surface area contributed by atoms with Crippen LogP contribution in [0.3, 0.4) is 0 Å². The molecule has 28 heavy (non-hydrogen) atoms. The van der Waals surface area contributed by atoms with Crippen LogP contribution in [0.2, 0.25) is 5.02 Å². The minimum atomic E-state index is 0.130. The van der Waals surface area contributed by atoms with Crippen molar-refractivity contribution in [2.45, 2.75) is 40.2 Å². The Kier molecular flexibility index (Phi) is 6.39. The molecular formula is C21H27ClN4O2. The van der Waals surface area contributed by atoms with Gasteiger partial charge in [0.2, 0.25) is 11.8 Å². The van der Waals surface area contributed by atoms with E-state index in [1.54, 1.807) is 0 Å². The van der Waals surface area contributed by atoms with Gasteiger partial charge in [-0.15, -0.1) is 0 Å². The fourth-order valence-electron chi connectivity index (χ4n) is 3.36. The Morgan fingerprint density at radius 2 is 2.07 bits per heavy atom. The molecule has 150 valence electrons. The van der Waals surface area contributed by atoms with Crippen LogP contribution in [0.1, 0.15) is 32.8 Å². The number of nitrogens with zero attached hydrogens (tertiary/aromatic N) is 4. The Bertz CT molecular complexity index is 843. The van der Waals surface area contributed by atoms with Gasteiger partial charge in [0, 0.05) is 38.2 Å². The minimum Gasteiger partial charge on any atom is -0.437 e. The summed E-state index contributed by atoms with van der Waals surface area (Å²) >= 11 is 6.22. The van der Waals surface area contributed by atoms with Gasteiger partial charge in [0.05, 0.1) is 5.02 Å². The van der Waals surface area contributed by atoms with E-state index in [0.29, 0.717) is 35.5 Å². The number of amides is 1. The maximum atomic E-state index is 12.4. The molecule has 0 saturated carbocycles. The lowest BCUT2D eigenvalue weighted by Gasteiger charge is -2.40. The van der Waals surface area contributed by atoms with Crippen molar-refractivity contribution in [3.05, 3.63) is 41.2 Å². The highest BCUT2D eigenvalue weighted by molar-refractivity contribution is 6.32. The average Bonchev–Trinajstić information content (AvgIpc) is 2.64. The van der Waals surface area contributed by atoms with Crippen molar-refractivity contribution < 1.29 is 9.53 Å². The number of hydrogen-bond acceptors (Lipinski definition) is 5. The van der Waals surface area contributed by atoms with Gasteiger partial charge in [-0.3, -0.25) is 4.79 Å². The molecule has 0 radical (unpaired) electrons. The van der Waals surface area contributed by atoms with E-state index >= 15 is 0 Å². The molecule has 0 N–H and O–H groups in total. The predicted octanol–water partition coefficient (Wildman–Crippen LogP) is 4.31. The molecule has 1 aromatic carbocycles. The van der Waals surface area contributed by atoms with Gasteiger partial charge in [-0.2, -0.15) is 0 Å². The summed E-state index contributed by atoms with van der Waals surface area (Å²) in [6.45, 7) is 10.4. The molecule has 0 spiro atoms. The number of aromatic nitrogens is 2. The first-order chi connectivity index (χ1) is 13.3. The van der Waals surface area contributed by atoms with Crippen molar-refractivity contribution in [2.75, 3.05) is 24.5 Å². The summed E-state index contributed by atoms with van der Waals surface area (Å²) in [7, 11) is 0. The third-order valence-electron chi connectivity index (χ3n) is 4.78. The van der Waals surface area contributed by atoms with Crippen molar-refractivity contribution in [3.63, 3.8) is 0 Å². The lowest BCUT2D eigenvalue weighted by Crippen LogP contribution is -2.54. The number of anilines is 1. The maximum Gasteiger partial charge on any atom is 0.224 e. The van der Waals surface area contributed by atoms with Gasteiger partial charge < -0.3 is 14.5 Å². The second-order valence-corrected chi connectivity index (χ2v) is 8.14. The molecule has 1 saturated heterocycles. The number of ether oxygens (including phenoxy) is 1. The van der Waals surface area contributed by atoms with Gasteiger partial charge in [0.15, 0.2) is 0 Å². The smallest absolute Gasteiger partial charge is 0.224 e. The number of carbonyl (C=O) groups excluding carboxylic acids is 1. The highest BCUT2D eigenvalue weighted by Gasteiger charge is 2.28. The molecule has 1 fully saturated rings.